The molecular formula is C10H13NO. The van der Waals surface area contributed by atoms with Gasteiger partial charge in [-0.05, 0) is 12.0 Å². The summed E-state index contributed by atoms with van der Waals surface area (Å²) in [5.74, 6) is -0.446. The van der Waals surface area contributed by atoms with E-state index >= 15 is 0 Å². The van der Waals surface area contributed by atoms with Crippen LogP contribution in [-0.2, 0) is 11.2 Å². The van der Waals surface area contributed by atoms with Gasteiger partial charge in [-0.1, -0.05) is 30.3 Å². The second kappa shape index (κ2) is 4.54. The predicted molar refractivity (Wildman–Crippen MR) is 48.8 cm³/mol. The Balaban J connectivity index is 2.35. The van der Waals surface area contributed by atoms with Gasteiger partial charge in [0, 0.05) is 17.5 Å². The molecule has 0 aliphatic carbocycles. The lowest BCUT2D eigenvalue weighted by atomic mass is 10.1. The van der Waals surface area contributed by atoms with Crippen molar-refractivity contribution in [1.29, 1.82) is 0 Å². The lowest BCUT2D eigenvalue weighted by Crippen LogP contribution is -2.17. The van der Waals surface area contributed by atoms with E-state index in [9.17, 15) is 4.79 Å². The molecule has 0 spiro atoms. The number of benzene rings is 1. The first-order valence-corrected chi connectivity index (χ1v) is 3.82. The maximum absolute atomic E-state index is 11.2. The number of carbonyl (C=O) groups excluding carboxylic acids is 1. The highest BCUT2D eigenvalue weighted by molar-refractivity contribution is 5.75. The first kappa shape index (κ1) is 5.36. The Morgan fingerprint density at radius 3 is 2.92 bits per heavy atom. The summed E-state index contributed by atoms with van der Waals surface area (Å²) >= 11 is 0. The van der Waals surface area contributed by atoms with E-state index in [2.05, 4.69) is 0 Å². The summed E-state index contributed by atoms with van der Waals surface area (Å²) in [6.45, 7) is -2.38. The van der Waals surface area contributed by atoms with Crippen LogP contribution in [0.5, 0.6) is 0 Å². The zero-order valence-corrected chi connectivity index (χ0v) is 6.71. The van der Waals surface area contributed by atoms with Crippen LogP contribution in [0.15, 0.2) is 30.3 Å². The van der Waals surface area contributed by atoms with Crippen LogP contribution in [0.3, 0.4) is 0 Å². The molecule has 1 rings (SSSR count). The topological polar surface area (TPSA) is 29.1 Å². The van der Waals surface area contributed by atoms with Crippen LogP contribution < -0.4 is 5.32 Å². The number of amides is 1. The van der Waals surface area contributed by atoms with Gasteiger partial charge in [-0.2, -0.15) is 0 Å². The molecule has 0 atom stereocenters. The molecule has 0 aromatic heterocycles. The van der Waals surface area contributed by atoms with E-state index in [0.29, 0.717) is 6.42 Å². The van der Waals surface area contributed by atoms with E-state index in [1.54, 1.807) is 0 Å². The molecular weight excluding hydrogens is 150 g/mol. The Bertz CT molecular complexity index is 321. The third-order valence-electron chi connectivity index (χ3n) is 1.62. The molecule has 0 fully saturated rings. The van der Waals surface area contributed by atoms with Crippen LogP contribution in [0.2, 0.25) is 0 Å². The van der Waals surface area contributed by atoms with Crippen LogP contribution in [0.25, 0.3) is 0 Å². The number of aryl methyl sites for hydroxylation is 1. The lowest BCUT2D eigenvalue weighted by molar-refractivity contribution is -0.120. The van der Waals surface area contributed by atoms with Gasteiger partial charge in [-0.3, -0.25) is 4.79 Å². The summed E-state index contributed by atoms with van der Waals surface area (Å²) in [6.07, 6.45) is 0.755. The van der Waals surface area contributed by atoms with Crippen molar-refractivity contribution in [2.45, 2.75) is 12.8 Å². The van der Waals surface area contributed by atoms with Gasteiger partial charge in [0.25, 0.3) is 0 Å². The summed E-state index contributed by atoms with van der Waals surface area (Å²) < 4.78 is 20.5. The van der Waals surface area contributed by atoms with Gasteiger partial charge in [-0.15, -0.1) is 0 Å². The molecule has 0 aliphatic heterocycles. The third-order valence-corrected chi connectivity index (χ3v) is 1.62. The molecule has 0 aliphatic rings. The fourth-order valence-corrected chi connectivity index (χ4v) is 0.965. The van der Waals surface area contributed by atoms with Crippen LogP contribution in [0.4, 0.5) is 0 Å². The summed E-state index contributed by atoms with van der Waals surface area (Å²) in [5, 5.41) is 1.95. The van der Waals surface area contributed by atoms with Gasteiger partial charge in [-0.25, -0.2) is 0 Å². The van der Waals surface area contributed by atoms with Crippen LogP contribution in [0.1, 0.15) is 16.1 Å². The monoisotopic (exact) mass is 166 g/mol. The van der Waals surface area contributed by atoms with Gasteiger partial charge in [0.15, 0.2) is 0 Å². The Labute approximate surface area is 76.8 Å². The van der Waals surface area contributed by atoms with E-state index in [1.807, 2.05) is 35.6 Å². The standard InChI is InChI=1S/C10H13NO/c1-11-10(12)8-7-9-5-3-2-4-6-9/h2-6H,7-8H2,1H3,(H,11,12)/i1D3. The second-order valence-electron chi connectivity index (χ2n) is 2.53. The minimum absolute atomic E-state index is 0.197. The largest absolute Gasteiger partial charge is 0.359 e. The van der Waals surface area contributed by atoms with Crippen molar-refractivity contribution in [3.05, 3.63) is 35.9 Å². The summed E-state index contributed by atoms with van der Waals surface area (Å²) in [6, 6.07) is 9.48. The Morgan fingerprint density at radius 2 is 2.25 bits per heavy atom. The van der Waals surface area contributed by atoms with Crippen LogP contribution in [-0.4, -0.2) is 12.9 Å². The van der Waals surface area contributed by atoms with Crippen molar-refractivity contribution in [2.75, 3.05) is 6.98 Å². The van der Waals surface area contributed by atoms with Crippen molar-refractivity contribution in [3.63, 3.8) is 0 Å². The van der Waals surface area contributed by atoms with Crippen molar-refractivity contribution in [3.8, 4) is 0 Å². The molecule has 2 nitrogen and oxygen atoms in total. The normalized spacial score (nSPS) is 14.2. The molecule has 1 aromatic rings. The summed E-state index contributed by atoms with van der Waals surface area (Å²) in [7, 11) is 0. The van der Waals surface area contributed by atoms with Crippen molar-refractivity contribution in [1.82, 2.24) is 5.32 Å². The van der Waals surface area contributed by atoms with Gasteiger partial charge in [0.2, 0.25) is 5.91 Å². The van der Waals surface area contributed by atoms with E-state index in [4.69, 9.17) is 4.11 Å². The zero-order valence-electron chi connectivity index (χ0n) is 9.71. The zero-order chi connectivity index (χ0) is 11.3. The maximum atomic E-state index is 11.2. The number of carbonyl (C=O) groups is 1. The smallest absolute Gasteiger partial charge is 0.220 e. The molecule has 0 heterocycles. The van der Waals surface area contributed by atoms with Crippen molar-refractivity contribution in [2.24, 2.45) is 0 Å². The molecule has 0 radical (unpaired) electrons. The quantitative estimate of drug-likeness (QED) is 0.721. The molecule has 0 saturated carbocycles. The third kappa shape index (κ3) is 2.74. The highest BCUT2D eigenvalue weighted by atomic mass is 16.1. The number of nitrogens with one attached hydrogen (secondary N) is 1. The van der Waals surface area contributed by atoms with Crippen molar-refractivity contribution < 1.29 is 8.91 Å². The Kier molecular flexibility index (Phi) is 2.03. The van der Waals surface area contributed by atoms with Crippen LogP contribution >= 0.6 is 0 Å². The van der Waals surface area contributed by atoms with E-state index < -0.39 is 12.9 Å². The first-order valence-electron chi connectivity index (χ1n) is 5.32. The van der Waals surface area contributed by atoms with Gasteiger partial charge < -0.3 is 5.32 Å². The molecule has 0 saturated heterocycles. The Morgan fingerprint density at radius 1 is 1.50 bits per heavy atom. The molecule has 1 amide bonds. The summed E-state index contributed by atoms with van der Waals surface area (Å²) in [4.78, 5) is 11.2. The molecule has 64 valence electrons. The fraction of sp³-hybridized carbons (Fsp3) is 0.300. The average Bonchev–Trinajstić information content (AvgIpc) is 2.14. The van der Waals surface area contributed by atoms with E-state index in [-0.39, 0.29) is 6.42 Å². The SMILES string of the molecule is [2H]C([2H])([2H])NC(=O)CCc1ccccc1. The van der Waals surface area contributed by atoms with E-state index in [1.165, 1.54) is 0 Å². The molecule has 0 bridgehead atoms. The second-order valence-corrected chi connectivity index (χ2v) is 2.53. The van der Waals surface area contributed by atoms with E-state index in [0.717, 1.165) is 5.56 Å². The van der Waals surface area contributed by atoms with Gasteiger partial charge in [0.1, 0.15) is 0 Å². The molecule has 1 N–H and O–H groups in total. The highest BCUT2D eigenvalue weighted by Crippen LogP contribution is 2.01. The fourth-order valence-electron chi connectivity index (χ4n) is 0.965. The van der Waals surface area contributed by atoms with Gasteiger partial charge in [0.05, 0.1) is 0 Å². The number of hydrogen-bond donors (Lipinski definition) is 1. The average molecular weight is 166 g/mol. The number of hydrogen-bond acceptors (Lipinski definition) is 1. The lowest BCUT2D eigenvalue weighted by Gasteiger charge is -1.99. The van der Waals surface area contributed by atoms with Crippen molar-refractivity contribution >= 4 is 5.91 Å². The minimum atomic E-state index is -2.38. The van der Waals surface area contributed by atoms with Gasteiger partial charge >= 0.3 is 0 Å². The Hall–Kier alpha value is -1.31. The highest BCUT2D eigenvalue weighted by Gasteiger charge is 1.97. The predicted octanol–water partition coefficient (Wildman–Crippen LogP) is 1.37. The molecule has 2 heteroatoms. The molecule has 0 unspecified atom stereocenters. The minimum Gasteiger partial charge on any atom is -0.359 e. The first-order chi connectivity index (χ1) is 6.97. The molecule has 1 aromatic carbocycles. The van der Waals surface area contributed by atoms with Crippen LogP contribution in [0, 0.1) is 0 Å². The summed E-state index contributed by atoms with van der Waals surface area (Å²) in [5.41, 5.74) is 1.03. The maximum Gasteiger partial charge on any atom is 0.220 e. The number of rotatable bonds is 3. The molecule has 12 heavy (non-hydrogen) atoms.